The summed E-state index contributed by atoms with van der Waals surface area (Å²) < 4.78 is 1.37. The fourth-order valence-electron chi connectivity index (χ4n) is 1.03. The molecule has 1 aromatic rings. The van der Waals surface area contributed by atoms with E-state index in [0.29, 0.717) is 12.2 Å². The van der Waals surface area contributed by atoms with Gasteiger partial charge < -0.3 is 10.1 Å². The minimum atomic E-state index is -0.510. The van der Waals surface area contributed by atoms with Crippen molar-refractivity contribution in [3.63, 3.8) is 0 Å². The molecule has 1 rings (SSSR count). The molecule has 8 heteroatoms. The van der Waals surface area contributed by atoms with Gasteiger partial charge in [-0.25, -0.2) is 9.55 Å². The topological polar surface area (TPSA) is 110 Å². The van der Waals surface area contributed by atoms with E-state index in [4.69, 9.17) is 5.53 Å². The quantitative estimate of drug-likeness (QED) is 0.237. The first-order chi connectivity index (χ1) is 6.66. The third kappa shape index (κ3) is 1.99. The Balaban J connectivity index is 2.79. The molecule has 0 aliphatic heterocycles. The van der Waals surface area contributed by atoms with Crippen LogP contribution in [-0.2, 0) is 13.5 Å². The number of nitrogens with zero attached hydrogens (tertiary/aromatic N) is 6. The summed E-state index contributed by atoms with van der Waals surface area (Å²) in [5.74, 6) is 0.463. The molecule has 74 valence electrons. The third-order valence-corrected chi connectivity index (χ3v) is 1.75. The molecular formula is C6H8N6O2. The largest absolute Gasteiger partial charge is 0.358 e. The van der Waals surface area contributed by atoms with Gasteiger partial charge >= 0.3 is 5.82 Å². The number of imidazole rings is 1. The van der Waals surface area contributed by atoms with Crippen molar-refractivity contribution in [1.29, 1.82) is 0 Å². The second-order valence-electron chi connectivity index (χ2n) is 2.55. The fourth-order valence-corrected chi connectivity index (χ4v) is 1.03. The first-order valence-corrected chi connectivity index (χ1v) is 3.82. The molecule has 0 fully saturated rings. The second kappa shape index (κ2) is 4.24. The maximum atomic E-state index is 10.4. The summed E-state index contributed by atoms with van der Waals surface area (Å²) in [6, 6.07) is 0. The van der Waals surface area contributed by atoms with Gasteiger partial charge in [0.1, 0.15) is 6.20 Å². The summed E-state index contributed by atoms with van der Waals surface area (Å²) in [5, 5.41) is 13.7. The summed E-state index contributed by atoms with van der Waals surface area (Å²) in [6.07, 6.45) is 1.58. The van der Waals surface area contributed by atoms with Crippen molar-refractivity contribution in [1.82, 2.24) is 9.55 Å². The monoisotopic (exact) mass is 196 g/mol. The Bertz CT molecular complexity index is 391. The Morgan fingerprint density at radius 2 is 2.57 bits per heavy atom. The van der Waals surface area contributed by atoms with E-state index in [1.165, 1.54) is 10.8 Å². The van der Waals surface area contributed by atoms with Gasteiger partial charge in [0.25, 0.3) is 0 Å². The van der Waals surface area contributed by atoms with Gasteiger partial charge in [0.2, 0.25) is 0 Å². The lowest BCUT2D eigenvalue weighted by Crippen LogP contribution is -2.03. The van der Waals surface area contributed by atoms with Gasteiger partial charge in [-0.2, -0.15) is 0 Å². The van der Waals surface area contributed by atoms with Crippen LogP contribution in [0.3, 0.4) is 0 Å². The number of azide groups is 1. The van der Waals surface area contributed by atoms with Crippen LogP contribution in [0, 0.1) is 10.1 Å². The molecule has 8 nitrogen and oxygen atoms in total. The first kappa shape index (κ1) is 10.0. The van der Waals surface area contributed by atoms with Gasteiger partial charge in [-0.3, -0.25) is 0 Å². The Kier molecular flexibility index (Phi) is 3.03. The minimum absolute atomic E-state index is 0.0686. The average molecular weight is 196 g/mol. The number of hydrogen-bond acceptors (Lipinski definition) is 4. The van der Waals surface area contributed by atoms with Gasteiger partial charge in [0.05, 0.1) is 7.05 Å². The van der Waals surface area contributed by atoms with Gasteiger partial charge in [0, 0.05) is 17.9 Å². The molecule has 0 atom stereocenters. The zero-order valence-corrected chi connectivity index (χ0v) is 7.49. The highest BCUT2D eigenvalue weighted by molar-refractivity contribution is 5.18. The average Bonchev–Trinajstić information content (AvgIpc) is 2.48. The van der Waals surface area contributed by atoms with Crippen molar-refractivity contribution < 1.29 is 4.92 Å². The number of nitro groups is 1. The van der Waals surface area contributed by atoms with E-state index in [1.807, 2.05) is 0 Å². The van der Waals surface area contributed by atoms with E-state index in [-0.39, 0.29) is 12.4 Å². The highest BCUT2D eigenvalue weighted by Crippen LogP contribution is 2.11. The molecular weight excluding hydrogens is 188 g/mol. The standard InChI is InChI=1S/C6H8N6O2/c1-11-5(2-3-9-10-7)8-4-6(11)12(13)14/h4H,2-3H2,1H3. The van der Waals surface area contributed by atoms with Crippen LogP contribution in [-0.4, -0.2) is 21.0 Å². The van der Waals surface area contributed by atoms with Gasteiger partial charge in [-0.15, -0.1) is 0 Å². The summed E-state index contributed by atoms with van der Waals surface area (Å²) >= 11 is 0. The van der Waals surface area contributed by atoms with Crippen LogP contribution in [0.1, 0.15) is 5.82 Å². The number of aromatic nitrogens is 2. The molecule has 0 unspecified atom stereocenters. The van der Waals surface area contributed by atoms with Gasteiger partial charge in [0.15, 0.2) is 5.82 Å². The maximum Gasteiger partial charge on any atom is 0.342 e. The lowest BCUT2D eigenvalue weighted by molar-refractivity contribution is -0.391. The molecule has 0 saturated heterocycles. The predicted molar refractivity (Wildman–Crippen MR) is 47.6 cm³/mol. The lowest BCUT2D eigenvalue weighted by atomic mass is 10.4. The summed E-state index contributed by atoms with van der Waals surface area (Å²) in [7, 11) is 1.55. The summed E-state index contributed by atoms with van der Waals surface area (Å²) in [5.41, 5.74) is 8.03. The van der Waals surface area contributed by atoms with Crippen LogP contribution in [0.2, 0.25) is 0 Å². The van der Waals surface area contributed by atoms with E-state index in [2.05, 4.69) is 15.0 Å². The van der Waals surface area contributed by atoms with E-state index in [1.54, 1.807) is 7.05 Å². The Labute approximate surface area is 79.0 Å². The molecule has 0 radical (unpaired) electrons. The Morgan fingerprint density at radius 3 is 3.07 bits per heavy atom. The summed E-state index contributed by atoms with van der Waals surface area (Å²) in [4.78, 5) is 16.3. The third-order valence-electron chi connectivity index (χ3n) is 1.75. The smallest absolute Gasteiger partial charge is 0.342 e. The predicted octanol–water partition coefficient (Wildman–Crippen LogP) is 1.18. The molecule has 0 aliphatic rings. The van der Waals surface area contributed by atoms with E-state index >= 15 is 0 Å². The highest BCUT2D eigenvalue weighted by Gasteiger charge is 2.15. The summed E-state index contributed by atoms with van der Waals surface area (Å²) in [6.45, 7) is 0.249. The van der Waals surface area contributed by atoms with Crippen LogP contribution in [0.25, 0.3) is 10.4 Å². The molecule has 1 heterocycles. The second-order valence-corrected chi connectivity index (χ2v) is 2.55. The Hall–Kier alpha value is -2.08. The van der Waals surface area contributed by atoms with Crippen LogP contribution < -0.4 is 0 Å². The first-order valence-electron chi connectivity index (χ1n) is 3.82. The number of rotatable bonds is 4. The molecule has 0 aliphatic carbocycles. The SMILES string of the molecule is Cn1c([N+](=O)[O-])cnc1CCN=[N+]=[N-]. The van der Waals surface area contributed by atoms with E-state index < -0.39 is 4.92 Å². The van der Waals surface area contributed by atoms with Gasteiger partial charge in [-0.1, -0.05) is 5.11 Å². The van der Waals surface area contributed by atoms with Crippen LogP contribution in [0.15, 0.2) is 11.3 Å². The minimum Gasteiger partial charge on any atom is -0.358 e. The molecule has 14 heavy (non-hydrogen) atoms. The van der Waals surface area contributed by atoms with Crippen molar-refractivity contribution in [2.45, 2.75) is 6.42 Å². The van der Waals surface area contributed by atoms with Crippen molar-refractivity contribution in [2.24, 2.45) is 12.2 Å². The lowest BCUT2D eigenvalue weighted by Gasteiger charge is -1.95. The van der Waals surface area contributed by atoms with Crippen LogP contribution >= 0.6 is 0 Å². The van der Waals surface area contributed by atoms with E-state index in [9.17, 15) is 10.1 Å². The van der Waals surface area contributed by atoms with Crippen molar-refractivity contribution in [3.8, 4) is 0 Å². The van der Waals surface area contributed by atoms with Crippen LogP contribution in [0.4, 0.5) is 5.82 Å². The van der Waals surface area contributed by atoms with Crippen LogP contribution in [0.5, 0.6) is 0 Å². The maximum absolute atomic E-state index is 10.4. The zero-order chi connectivity index (χ0) is 10.6. The fraction of sp³-hybridized carbons (Fsp3) is 0.500. The molecule has 0 saturated carbocycles. The normalized spacial score (nSPS) is 9.50. The van der Waals surface area contributed by atoms with Crippen molar-refractivity contribution >= 4 is 5.82 Å². The molecule has 0 N–H and O–H groups in total. The Morgan fingerprint density at radius 1 is 1.86 bits per heavy atom. The van der Waals surface area contributed by atoms with E-state index in [0.717, 1.165) is 0 Å². The zero-order valence-electron chi connectivity index (χ0n) is 7.49. The number of hydrogen-bond donors (Lipinski definition) is 0. The molecule has 0 amide bonds. The molecule has 0 spiro atoms. The molecule has 1 aromatic heterocycles. The molecule has 0 aromatic carbocycles. The van der Waals surface area contributed by atoms with Crippen molar-refractivity contribution in [3.05, 3.63) is 32.6 Å². The molecule has 0 bridgehead atoms. The highest BCUT2D eigenvalue weighted by atomic mass is 16.6. The van der Waals surface area contributed by atoms with Gasteiger partial charge in [-0.05, 0) is 10.5 Å². The van der Waals surface area contributed by atoms with Crippen molar-refractivity contribution in [2.75, 3.05) is 6.54 Å².